The van der Waals surface area contributed by atoms with Gasteiger partial charge in [0, 0.05) is 64.0 Å². The Morgan fingerprint density at radius 3 is 1.98 bits per heavy atom. The van der Waals surface area contributed by atoms with Crippen LogP contribution in [0.5, 0.6) is 0 Å². The van der Waals surface area contributed by atoms with Crippen molar-refractivity contribution in [1.82, 2.24) is 9.80 Å². The standard InChI is InChI=1S/C33H36N6O/c1-24-18-25(2)30(33(40)39-17-16-38(22-26(39)3)32-11-7-5-9-28(32)21-35)19-29(24)23-36-12-14-37(15-13-36)31-10-6-4-8-27(31)20-34/h4-11,18-19,26H,12-17,22-23H2,1-3H3/t26-/m0/s1. The fourth-order valence-corrected chi connectivity index (χ4v) is 6.01. The van der Waals surface area contributed by atoms with E-state index in [0.717, 1.165) is 60.8 Å². The van der Waals surface area contributed by atoms with Gasteiger partial charge in [0.25, 0.3) is 5.91 Å². The second-order valence-corrected chi connectivity index (χ2v) is 10.9. The Morgan fingerprint density at radius 2 is 1.38 bits per heavy atom. The van der Waals surface area contributed by atoms with E-state index in [0.29, 0.717) is 25.2 Å². The van der Waals surface area contributed by atoms with Crippen LogP contribution in [0.1, 0.15) is 45.1 Å². The number of hydrogen-bond donors (Lipinski definition) is 0. The largest absolute Gasteiger partial charge is 0.368 e. The lowest BCUT2D eigenvalue weighted by Crippen LogP contribution is -2.54. The number of amides is 1. The first-order valence-electron chi connectivity index (χ1n) is 14.0. The Bertz CT molecular complexity index is 1480. The van der Waals surface area contributed by atoms with Crippen molar-refractivity contribution in [2.24, 2.45) is 0 Å². The van der Waals surface area contributed by atoms with Crippen molar-refractivity contribution in [2.75, 3.05) is 55.6 Å². The highest BCUT2D eigenvalue weighted by Crippen LogP contribution is 2.27. The number of rotatable bonds is 5. The number of nitrogens with zero attached hydrogens (tertiary/aromatic N) is 6. The van der Waals surface area contributed by atoms with Crippen LogP contribution in [0.2, 0.25) is 0 Å². The molecule has 7 nitrogen and oxygen atoms in total. The van der Waals surface area contributed by atoms with Crippen molar-refractivity contribution < 1.29 is 4.79 Å². The zero-order valence-corrected chi connectivity index (χ0v) is 23.6. The van der Waals surface area contributed by atoms with Gasteiger partial charge in [0.2, 0.25) is 0 Å². The molecule has 1 amide bonds. The van der Waals surface area contributed by atoms with E-state index in [1.807, 2.05) is 60.4 Å². The van der Waals surface area contributed by atoms with Gasteiger partial charge in [0.1, 0.15) is 12.1 Å². The first-order valence-corrected chi connectivity index (χ1v) is 14.0. The lowest BCUT2D eigenvalue weighted by atomic mass is 9.97. The van der Waals surface area contributed by atoms with E-state index in [1.165, 1.54) is 11.1 Å². The molecule has 0 N–H and O–H groups in total. The lowest BCUT2D eigenvalue weighted by Gasteiger charge is -2.41. The molecule has 0 aliphatic carbocycles. The molecule has 2 aliphatic rings. The predicted octanol–water partition coefficient (Wildman–Crippen LogP) is 4.72. The van der Waals surface area contributed by atoms with E-state index in [1.54, 1.807) is 0 Å². The smallest absolute Gasteiger partial charge is 0.254 e. The molecule has 0 unspecified atom stereocenters. The fraction of sp³-hybridized carbons (Fsp3) is 0.364. The summed E-state index contributed by atoms with van der Waals surface area (Å²) in [5, 5.41) is 19.0. The predicted molar refractivity (Wildman–Crippen MR) is 158 cm³/mol. The first kappa shape index (κ1) is 27.2. The van der Waals surface area contributed by atoms with E-state index in [-0.39, 0.29) is 11.9 Å². The molecular formula is C33H36N6O. The van der Waals surface area contributed by atoms with Gasteiger partial charge < -0.3 is 14.7 Å². The van der Waals surface area contributed by atoms with Gasteiger partial charge in [-0.1, -0.05) is 30.3 Å². The molecule has 0 aromatic heterocycles. The molecule has 0 radical (unpaired) electrons. The van der Waals surface area contributed by atoms with Gasteiger partial charge in [-0.05, 0) is 67.8 Å². The van der Waals surface area contributed by atoms with Crippen molar-refractivity contribution in [1.29, 1.82) is 10.5 Å². The zero-order valence-electron chi connectivity index (χ0n) is 23.6. The van der Waals surface area contributed by atoms with Crippen LogP contribution in [0.3, 0.4) is 0 Å². The summed E-state index contributed by atoms with van der Waals surface area (Å²) in [7, 11) is 0. The summed E-state index contributed by atoms with van der Waals surface area (Å²) in [6, 6.07) is 24.4. The third kappa shape index (κ3) is 5.52. The molecule has 3 aromatic carbocycles. The van der Waals surface area contributed by atoms with Crippen molar-refractivity contribution in [3.63, 3.8) is 0 Å². The number of carbonyl (C=O) groups excluding carboxylic acids is 1. The SMILES string of the molecule is Cc1cc(C)c(C(=O)N2CCN(c3ccccc3C#N)C[C@@H]2C)cc1CN1CCN(c2ccccc2C#N)CC1. The fourth-order valence-electron chi connectivity index (χ4n) is 6.01. The second kappa shape index (κ2) is 11.8. The van der Waals surface area contributed by atoms with Crippen molar-refractivity contribution in [3.05, 3.63) is 94.0 Å². The Hall–Kier alpha value is -4.33. The summed E-state index contributed by atoms with van der Waals surface area (Å²) >= 11 is 0. The number of anilines is 2. The molecular weight excluding hydrogens is 496 g/mol. The highest BCUT2D eigenvalue weighted by Gasteiger charge is 2.30. The van der Waals surface area contributed by atoms with Gasteiger partial charge in [-0.25, -0.2) is 0 Å². The van der Waals surface area contributed by atoms with Gasteiger partial charge in [0.05, 0.1) is 22.5 Å². The molecule has 2 saturated heterocycles. The maximum atomic E-state index is 13.8. The van der Waals surface area contributed by atoms with Crippen molar-refractivity contribution in [2.45, 2.75) is 33.4 Å². The highest BCUT2D eigenvalue weighted by atomic mass is 16.2. The molecule has 2 aliphatic heterocycles. The molecule has 204 valence electrons. The molecule has 2 fully saturated rings. The zero-order chi connectivity index (χ0) is 28.2. The summed E-state index contributed by atoms with van der Waals surface area (Å²) in [5.74, 6) is 0.0809. The molecule has 40 heavy (non-hydrogen) atoms. The minimum absolute atomic E-state index is 0.0292. The summed E-state index contributed by atoms with van der Waals surface area (Å²) in [6.45, 7) is 12.6. The Labute approximate surface area is 237 Å². The number of aryl methyl sites for hydroxylation is 2. The van der Waals surface area contributed by atoms with Crippen LogP contribution in [-0.4, -0.2) is 67.6 Å². The quantitative estimate of drug-likeness (QED) is 0.473. The third-order valence-corrected chi connectivity index (χ3v) is 8.30. The minimum atomic E-state index is 0.0292. The maximum absolute atomic E-state index is 13.8. The number of benzene rings is 3. The van der Waals surface area contributed by atoms with Crippen molar-refractivity contribution >= 4 is 17.3 Å². The van der Waals surface area contributed by atoms with Gasteiger partial charge >= 0.3 is 0 Å². The molecule has 0 bridgehead atoms. The lowest BCUT2D eigenvalue weighted by molar-refractivity contribution is 0.0673. The molecule has 0 saturated carbocycles. The summed E-state index contributed by atoms with van der Waals surface area (Å²) < 4.78 is 0. The van der Waals surface area contributed by atoms with Crippen LogP contribution in [-0.2, 0) is 6.54 Å². The Balaban J connectivity index is 1.26. The summed E-state index contributed by atoms with van der Waals surface area (Å²) in [5.41, 5.74) is 7.52. The average molecular weight is 533 g/mol. The minimum Gasteiger partial charge on any atom is -0.368 e. The maximum Gasteiger partial charge on any atom is 0.254 e. The van der Waals surface area contributed by atoms with Crippen LogP contribution < -0.4 is 9.80 Å². The normalized spacial score (nSPS) is 17.8. The van der Waals surface area contributed by atoms with Gasteiger partial charge in [-0.2, -0.15) is 10.5 Å². The van der Waals surface area contributed by atoms with E-state index in [2.05, 4.69) is 52.8 Å². The molecule has 5 rings (SSSR count). The average Bonchev–Trinajstić information content (AvgIpc) is 2.98. The van der Waals surface area contributed by atoms with Crippen LogP contribution >= 0.6 is 0 Å². The molecule has 7 heteroatoms. The van der Waals surface area contributed by atoms with Gasteiger partial charge in [0.15, 0.2) is 0 Å². The topological polar surface area (TPSA) is 77.6 Å². The van der Waals surface area contributed by atoms with Crippen LogP contribution in [0.25, 0.3) is 0 Å². The molecule has 0 spiro atoms. The number of nitriles is 2. The highest BCUT2D eigenvalue weighted by molar-refractivity contribution is 5.96. The summed E-state index contributed by atoms with van der Waals surface area (Å²) in [4.78, 5) is 22.8. The first-order chi connectivity index (χ1) is 19.4. The number of hydrogen-bond acceptors (Lipinski definition) is 6. The van der Waals surface area contributed by atoms with E-state index in [9.17, 15) is 15.3 Å². The van der Waals surface area contributed by atoms with E-state index < -0.39 is 0 Å². The Kier molecular flexibility index (Phi) is 8.05. The van der Waals surface area contributed by atoms with Crippen LogP contribution in [0.4, 0.5) is 11.4 Å². The third-order valence-electron chi connectivity index (χ3n) is 8.30. The molecule has 1 atom stereocenters. The van der Waals surface area contributed by atoms with Gasteiger partial charge in [-0.15, -0.1) is 0 Å². The van der Waals surface area contributed by atoms with E-state index >= 15 is 0 Å². The summed E-state index contributed by atoms with van der Waals surface area (Å²) in [6.07, 6.45) is 0. The monoisotopic (exact) mass is 532 g/mol. The second-order valence-electron chi connectivity index (χ2n) is 10.9. The number of carbonyl (C=O) groups is 1. The number of piperazine rings is 2. The van der Waals surface area contributed by atoms with E-state index in [4.69, 9.17) is 0 Å². The molecule has 3 aromatic rings. The number of para-hydroxylation sites is 2. The van der Waals surface area contributed by atoms with Crippen LogP contribution in [0, 0.1) is 36.5 Å². The Morgan fingerprint density at radius 1 is 0.800 bits per heavy atom. The van der Waals surface area contributed by atoms with Crippen LogP contribution in [0.15, 0.2) is 60.7 Å². The molecule has 2 heterocycles. The van der Waals surface area contributed by atoms with Gasteiger partial charge in [-0.3, -0.25) is 9.69 Å². The van der Waals surface area contributed by atoms with Crippen molar-refractivity contribution in [3.8, 4) is 12.1 Å².